The third-order valence-corrected chi connectivity index (χ3v) is 8.52. The molecule has 4 aromatic rings. The van der Waals surface area contributed by atoms with Gasteiger partial charge >= 0.3 is 0 Å². The number of hydrogen-bond donors (Lipinski definition) is 0. The van der Waals surface area contributed by atoms with Crippen LogP contribution in [0.15, 0.2) is 48.7 Å². The molecule has 9 heteroatoms. The molecular formula is C28H29FN6OS. The summed E-state index contributed by atoms with van der Waals surface area (Å²) in [4.78, 5) is 35.0. The number of piperidine rings is 2. The van der Waals surface area contributed by atoms with Crippen LogP contribution in [0.25, 0.3) is 21.5 Å². The number of rotatable bonds is 4. The standard InChI is InChI=1S/C28H29FN6OS/c1-17-10-20(8-9-21(17)29)26-25(32-28(37-26)33(2)3)27(36)35-15-18-11-19(16-35)14-34(13-18)24-12-30-22-6-4-5-7-23(22)31-24/h4-10,12,18-19H,11,13-16H2,1-3H3. The van der Waals surface area contributed by atoms with Gasteiger partial charge in [0.25, 0.3) is 5.91 Å². The predicted octanol–water partition coefficient (Wildman–Crippen LogP) is 4.87. The van der Waals surface area contributed by atoms with E-state index in [1.807, 2.05) is 54.4 Å². The largest absolute Gasteiger partial charge is 0.355 e. The van der Waals surface area contributed by atoms with Crippen LogP contribution in [0, 0.1) is 24.6 Å². The van der Waals surface area contributed by atoms with Gasteiger partial charge in [-0.2, -0.15) is 0 Å². The number of anilines is 2. The second-order valence-corrected chi connectivity index (χ2v) is 11.3. The van der Waals surface area contributed by atoms with Crippen molar-refractivity contribution in [3.05, 3.63) is 65.7 Å². The van der Waals surface area contributed by atoms with Crippen LogP contribution in [0.3, 0.4) is 0 Å². The number of amides is 1. The molecule has 2 aliphatic rings. The summed E-state index contributed by atoms with van der Waals surface area (Å²) < 4.78 is 14.0. The predicted molar refractivity (Wildman–Crippen MR) is 146 cm³/mol. The SMILES string of the molecule is Cc1cc(-c2sc(N(C)C)nc2C(=O)N2CC3CC(C2)CN(c2cnc4ccccc4n2)C3)ccc1F. The van der Waals surface area contributed by atoms with Crippen molar-refractivity contribution in [1.82, 2.24) is 19.9 Å². The zero-order valence-corrected chi connectivity index (χ0v) is 22.0. The molecule has 2 fully saturated rings. The van der Waals surface area contributed by atoms with E-state index in [2.05, 4.69) is 9.88 Å². The summed E-state index contributed by atoms with van der Waals surface area (Å²) in [6, 6.07) is 12.9. The number of nitrogens with zero attached hydrogens (tertiary/aromatic N) is 6. The molecule has 0 N–H and O–H groups in total. The van der Waals surface area contributed by atoms with E-state index in [9.17, 15) is 9.18 Å². The Morgan fingerprint density at radius 1 is 1.03 bits per heavy atom. The number of fused-ring (bicyclic) bond motifs is 3. The minimum atomic E-state index is -0.251. The molecule has 37 heavy (non-hydrogen) atoms. The van der Waals surface area contributed by atoms with Crippen molar-refractivity contribution in [1.29, 1.82) is 0 Å². The molecule has 0 aliphatic carbocycles. The molecular weight excluding hydrogens is 487 g/mol. The summed E-state index contributed by atoms with van der Waals surface area (Å²) in [5, 5.41) is 0.763. The van der Waals surface area contributed by atoms with Gasteiger partial charge in [-0.05, 0) is 60.6 Å². The molecule has 2 unspecified atom stereocenters. The molecule has 1 amide bonds. The normalized spacial score (nSPS) is 19.4. The molecule has 2 aliphatic heterocycles. The van der Waals surface area contributed by atoms with Crippen molar-refractivity contribution in [2.45, 2.75) is 13.3 Å². The zero-order valence-electron chi connectivity index (χ0n) is 21.2. The highest BCUT2D eigenvalue weighted by Gasteiger charge is 2.38. The van der Waals surface area contributed by atoms with Crippen molar-refractivity contribution in [3.8, 4) is 10.4 Å². The Kier molecular flexibility index (Phi) is 6.03. The van der Waals surface area contributed by atoms with E-state index in [0.29, 0.717) is 36.2 Å². The monoisotopic (exact) mass is 516 g/mol. The maximum Gasteiger partial charge on any atom is 0.274 e. The van der Waals surface area contributed by atoms with Crippen molar-refractivity contribution in [2.75, 3.05) is 50.1 Å². The molecule has 2 saturated heterocycles. The lowest BCUT2D eigenvalue weighted by Crippen LogP contribution is -2.54. The number of halogens is 1. The third kappa shape index (κ3) is 4.52. The van der Waals surface area contributed by atoms with Gasteiger partial charge in [-0.15, -0.1) is 0 Å². The fourth-order valence-corrected chi connectivity index (χ4v) is 6.49. The molecule has 2 aromatic carbocycles. The van der Waals surface area contributed by atoms with Crippen LogP contribution >= 0.6 is 11.3 Å². The highest BCUT2D eigenvalue weighted by atomic mass is 32.1. The first-order valence-corrected chi connectivity index (χ1v) is 13.4. The number of carbonyl (C=O) groups is 1. The number of benzene rings is 2. The Morgan fingerprint density at radius 3 is 2.46 bits per heavy atom. The van der Waals surface area contributed by atoms with Gasteiger partial charge in [0.1, 0.15) is 17.3 Å². The van der Waals surface area contributed by atoms with Gasteiger partial charge in [0.05, 0.1) is 22.1 Å². The molecule has 4 heterocycles. The van der Waals surface area contributed by atoms with Gasteiger partial charge in [0.2, 0.25) is 0 Å². The fourth-order valence-electron chi connectivity index (χ4n) is 5.51. The molecule has 0 spiro atoms. The number of aromatic nitrogens is 3. The number of para-hydroxylation sites is 2. The van der Waals surface area contributed by atoms with E-state index in [-0.39, 0.29) is 11.7 Å². The average molecular weight is 517 g/mol. The lowest BCUT2D eigenvalue weighted by molar-refractivity contribution is 0.0560. The summed E-state index contributed by atoms with van der Waals surface area (Å²) in [7, 11) is 3.84. The minimum Gasteiger partial charge on any atom is -0.355 e. The van der Waals surface area contributed by atoms with Crippen molar-refractivity contribution < 1.29 is 9.18 Å². The van der Waals surface area contributed by atoms with E-state index >= 15 is 0 Å². The Labute approximate surface area is 219 Å². The number of likely N-dealkylation sites (tertiary alicyclic amines) is 1. The van der Waals surface area contributed by atoms with Crippen LogP contribution in [-0.4, -0.2) is 66.0 Å². The maximum atomic E-state index is 14.0. The van der Waals surface area contributed by atoms with Gasteiger partial charge < -0.3 is 14.7 Å². The number of carbonyl (C=O) groups excluding carboxylic acids is 1. The van der Waals surface area contributed by atoms with E-state index in [1.54, 1.807) is 19.1 Å². The molecule has 2 bridgehead atoms. The van der Waals surface area contributed by atoms with E-state index in [1.165, 1.54) is 17.4 Å². The van der Waals surface area contributed by atoms with E-state index in [4.69, 9.17) is 9.97 Å². The van der Waals surface area contributed by atoms with Crippen molar-refractivity contribution >= 4 is 39.2 Å². The van der Waals surface area contributed by atoms with Gasteiger partial charge in [0.15, 0.2) is 5.13 Å². The lowest BCUT2D eigenvalue weighted by Gasteiger charge is -2.46. The highest BCUT2D eigenvalue weighted by Crippen LogP contribution is 2.37. The van der Waals surface area contributed by atoms with Crippen molar-refractivity contribution in [3.63, 3.8) is 0 Å². The van der Waals surface area contributed by atoms with Crippen LogP contribution in [0.5, 0.6) is 0 Å². The molecule has 190 valence electrons. The molecule has 2 aromatic heterocycles. The zero-order chi connectivity index (χ0) is 25.7. The summed E-state index contributed by atoms with van der Waals surface area (Å²) in [6.45, 7) is 4.80. The molecule has 6 rings (SSSR count). The van der Waals surface area contributed by atoms with Gasteiger partial charge in [-0.1, -0.05) is 29.5 Å². The Balaban J connectivity index is 1.24. The minimum absolute atomic E-state index is 0.0463. The van der Waals surface area contributed by atoms with E-state index in [0.717, 1.165) is 51.9 Å². The van der Waals surface area contributed by atoms with Gasteiger partial charge in [0, 0.05) is 40.3 Å². The van der Waals surface area contributed by atoms with Crippen LogP contribution in [0.4, 0.5) is 15.3 Å². The second kappa shape index (κ2) is 9.37. The van der Waals surface area contributed by atoms with Crippen molar-refractivity contribution in [2.24, 2.45) is 11.8 Å². The van der Waals surface area contributed by atoms with Crippen LogP contribution in [0.2, 0.25) is 0 Å². The topological polar surface area (TPSA) is 65.5 Å². The molecule has 0 saturated carbocycles. The lowest BCUT2D eigenvalue weighted by atomic mass is 9.84. The second-order valence-electron chi connectivity index (χ2n) is 10.3. The van der Waals surface area contributed by atoms with E-state index < -0.39 is 0 Å². The maximum absolute atomic E-state index is 14.0. The first-order valence-electron chi connectivity index (χ1n) is 12.6. The van der Waals surface area contributed by atoms with Gasteiger partial charge in [-0.25, -0.2) is 14.4 Å². The summed E-state index contributed by atoms with van der Waals surface area (Å²) in [5.41, 5.74) is 3.63. The first kappa shape index (κ1) is 23.8. The highest BCUT2D eigenvalue weighted by molar-refractivity contribution is 7.19. The number of aryl methyl sites for hydroxylation is 1. The van der Waals surface area contributed by atoms with Crippen LogP contribution < -0.4 is 9.80 Å². The quantitative estimate of drug-likeness (QED) is 0.386. The smallest absolute Gasteiger partial charge is 0.274 e. The van der Waals surface area contributed by atoms with Crippen LogP contribution in [-0.2, 0) is 0 Å². The third-order valence-electron chi connectivity index (χ3n) is 7.25. The molecule has 0 radical (unpaired) electrons. The Hall–Kier alpha value is -3.59. The first-order chi connectivity index (χ1) is 17.9. The fraction of sp³-hybridized carbons (Fsp3) is 0.357. The summed E-state index contributed by atoms with van der Waals surface area (Å²) in [6.07, 6.45) is 2.96. The Morgan fingerprint density at radius 2 is 1.76 bits per heavy atom. The van der Waals surface area contributed by atoms with Gasteiger partial charge in [-0.3, -0.25) is 9.78 Å². The van der Waals surface area contributed by atoms with Crippen LogP contribution in [0.1, 0.15) is 22.5 Å². The number of hydrogen-bond acceptors (Lipinski definition) is 7. The summed E-state index contributed by atoms with van der Waals surface area (Å²) >= 11 is 1.47. The molecule has 7 nitrogen and oxygen atoms in total. The molecule has 2 atom stereocenters. The number of thiazole rings is 1. The average Bonchev–Trinajstić information content (AvgIpc) is 3.35. The Bertz CT molecular complexity index is 1470. The summed E-state index contributed by atoms with van der Waals surface area (Å²) in [5.74, 6) is 1.31.